The summed E-state index contributed by atoms with van der Waals surface area (Å²) in [6.07, 6.45) is 6.51. The van der Waals surface area contributed by atoms with Gasteiger partial charge in [-0.3, -0.25) is 0 Å². The third kappa shape index (κ3) is 3.98. The number of nitrogens with zero attached hydrogens (tertiary/aromatic N) is 1. The Hall–Kier alpha value is -1.57. The maximum atomic E-state index is 5.13. The van der Waals surface area contributed by atoms with Crippen molar-refractivity contribution in [1.82, 2.24) is 0 Å². The van der Waals surface area contributed by atoms with E-state index in [-0.39, 0.29) is 0 Å². The molecule has 1 aromatic carbocycles. The Kier molecular flexibility index (Phi) is 5.23. The Morgan fingerprint density at radius 3 is 3.00 bits per heavy atom. The minimum atomic E-state index is 0.471. The third-order valence-electron chi connectivity index (χ3n) is 1.99. The van der Waals surface area contributed by atoms with Crippen molar-refractivity contribution in [2.75, 3.05) is 0 Å². The average Bonchev–Trinajstić information content (AvgIpc) is 2.29. The van der Waals surface area contributed by atoms with Gasteiger partial charge in [0.1, 0.15) is 12.8 Å². The van der Waals surface area contributed by atoms with Gasteiger partial charge in [-0.2, -0.15) is 0 Å². The van der Waals surface area contributed by atoms with Crippen molar-refractivity contribution in [1.29, 1.82) is 0 Å². The van der Waals surface area contributed by atoms with Crippen molar-refractivity contribution in [3.63, 3.8) is 0 Å². The van der Waals surface area contributed by atoms with Gasteiger partial charge in [0, 0.05) is 0 Å². The van der Waals surface area contributed by atoms with Crippen LogP contribution in [0.25, 0.3) is 6.08 Å². The first kappa shape index (κ1) is 11.5. The summed E-state index contributed by atoms with van der Waals surface area (Å²) in [6.45, 7) is 6.30. The maximum Gasteiger partial charge on any atom is 0.142 e. The Bertz CT molecular complexity index is 331. The highest BCUT2D eigenvalue weighted by Crippen LogP contribution is 2.11. The van der Waals surface area contributed by atoms with Crippen LogP contribution < -0.4 is 0 Å². The largest absolute Gasteiger partial charge is 0.391 e. The molecular weight excluding hydrogens is 186 g/mol. The molecule has 0 amide bonds. The van der Waals surface area contributed by atoms with Crippen LogP contribution in [0, 0.1) is 0 Å². The van der Waals surface area contributed by atoms with Crippen molar-refractivity contribution in [3.05, 3.63) is 42.0 Å². The van der Waals surface area contributed by atoms with Crippen LogP contribution in [0.15, 0.2) is 36.0 Å². The molecule has 0 fully saturated rings. The molecule has 0 atom stereocenters. The molecule has 1 rings (SSSR count). The van der Waals surface area contributed by atoms with E-state index < -0.39 is 0 Å². The van der Waals surface area contributed by atoms with Gasteiger partial charge in [-0.25, -0.2) is 0 Å². The molecule has 0 spiro atoms. The summed E-state index contributed by atoms with van der Waals surface area (Å²) >= 11 is 0. The van der Waals surface area contributed by atoms with Crippen LogP contribution in [-0.4, -0.2) is 6.21 Å². The molecule has 0 aliphatic heterocycles. The molecule has 0 saturated heterocycles. The Labute approximate surface area is 91.3 Å². The lowest BCUT2D eigenvalue weighted by atomic mass is 10.1. The molecule has 0 N–H and O–H groups in total. The summed E-state index contributed by atoms with van der Waals surface area (Å²) in [5.41, 5.74) is 2.18. The van der Waals surface area contributed by atoms with Gasteiger partial charge >= 0.3 is 0 Å². The summed E-state index contributed by atoms with van der Waals surface area (Å²) in [5.74, 6) is 0. The molecule has 0 aliphatic rings. The molecule has 79 valence electrons. The smallest absolute Gasteiger partial charge is 0.142 e. The summed E-state index contributed by atoms with van der Waals surface area (Å²) < 4.78 is 0. The van der Waals surface area contributed by atoms with E-state index >= 15 is 0 Å². The van der Waals surface area contributed by atoms with E-state index in [2.05, 4.69) is 24.9 Å². The zero-order chi connectivity index (χ0) is 10.9. The summed E-state index contributed by atoms with van der Waals surface area (Å²) in [5, 5.41) is 3.75. The molecule has 1 radical (unpaired) electrons. The van der Waals surface area contributed by atoms with E-state index in [4.69, 9.17) is 4.84 Å². The Morgan fingerprint density at radius 1 is 1.47 bits per heavy atom. The number of hydrogen-bond acceptors (Lipinski definition) is 2. The average molecular weight is 202 g/mol. The molecule has 1 aromatic rings. The molecule has 0 bridgehead atoms. The van der Waals surface area contributed by atoms with Gasteiger partial charge in [0.25, 0.3) is 0 Å². The predicted molar refractivity (Wildman–Crippen MR) is 63.7 cm³/mol. The fourth-order valence-corrected chi connectivity index (χ4v) is 1.17. The van der Waals surface area contributed by atoms with E-state index in [9.17, 15) is 0 Å². The third-order valence-corrected chi connectivity index (χ3v) is 1.99. The molecule has 2 heteroatoms. The fourth-order valence-electron chi connectivity index (χ4n) is 1.17. The maximum absolute atomic E-state index is 5.13. The second-order valence-electron chi connectivity index (χ2n) is 3.18. The minimum absolute atomic E-state index is 0.471. The van der Waals surface area contributed by atoms with Crippen molar-refractivity contribution in [2.45, 2.75) is 26.4 Å². The molecule has 0 saturated carbocycles. The second kappa shape index (κ2) is 6.82. The predicted octanol–water partition coefficient (Wildman–Crippen LogP) is 3.51. The van der Waals surface area contributed by atoms with Crippen molar-refractivity contribution in [2.24, 2.45) is 5.16 Å². The standard InChI is InChI=1S/C13H16NO/c1-3-5-10-14-15-11-13-9-7-6-8-12(13)4-2/h4,6-9H,2-3,5,11H2,1H3. The lowest BCUT2D eigenvalue weighted by molar-refractivity contribution is 0.131. The molecule has 0 unspecified atom stereocenters. The monoisotopic (exact) mass is 202 g/mol. The van der Waals surface area contributed by atoms with Crippen molar-refractivity contribution < 1.29 is 4.84 Å². The fraction of sp³-hybridized carbons (Fsp3) is 0.308. The highest BCUT2D eigenvalue weighted by molar-refractivity contribution is 5.56. The molecule has 15 heavy (non-hydrogen) atoms. The van der Waals surface area contributed by atoms with Crippen LogP contribution in [0.3, 0.4) is 0 Å². The lowest BCUT2D eigenvalue weighted by Crippen LogP contribution is -1.90. The normalized spacial score (nSPS) is 10.5. The lowest BCUT2D eigenvalue weighted by Gasteiger charge is -2.03. The van der Waals surface area contributed by atoms with Crippen LogP contribution in [0.1, 0.15) is 30.9 Å². The van der Waals surface area contributed by atoms with Crippen molar-refractivity contribution >= 4 is 12.3 Å². The number of rotatable bonds is 6. The highest BCUT2D eigenvalue weighted by atomic mass is 16.6. The van der Waals surface area contributed by atoms with Crippen LogP contribution in [-0.2, 0) is 11.4 Å². The first-order chi connectivity index (χ1) is 7.38. The summed E-state index contributed by atoms with van der Waals surface area (Å²) in [7, 11) is 0. The Balaban J connectivity index is 2.46. The SMILES string of the molecule is C=Cc1ccccc1CO/N=[C]/CCC. The molecule has 0 aromatic heterocycles. The van der Waals surface area contributed by atoms with Gasteiger partial charge in [-0.15, -0.1) is 0 Å². The van der Waals surface area contributed by atoms with E-state index in [1.807, 2.05) is 30.3 Å². The van der Waals surface area contributed by atoms with Crippen LogP contribution in [0.4, 0.5) is 0 Å². The van der Waals surface area contributed by atoms with Crippen LogP contribution >= 0.6 is 0 Å². The van der Waals surface area contributed by atoms with E-state index in [0.717, 1.165) is 24.0 Å². The zero-order valence-corrected chi connectivity index (χ0v) is 9.07. The number of hydrogen-bond donors (Lipinski definition) is 0. The van der Waals surface area contributed by atoms with Crippen LogP contribution in [0.2, 0.25) is 0 Å². The second-order valence-corrected chi connectivity index (χ2v) is 3.18. The quantitative estimate of drug-likeness (QED) is 0.511. The van der Waals surface area contributed by atoms with E-state index in [0.29, 0.717) is 6.61 Å². The summed E-state index contributed by atoms with van der Waals surface area (Å²) in [6, 6.07) is 7.97. The van der Waals surface area contributed by atoms with Gasteiger partial charge in [-0.05, 0) is 17.5 Å². The molecule has 0 heterocycles. The van der Waals surface area contributed by atoms with Gasteiger partial charge in [-0.1, -0.05) is 55.4 Å². The van der Waals surface area contributed by atoms with E-state index in [1.165, 1.54) is 0 Å². The minimum Gasteiger partial charge on any atom is -0.391 e. The molecule has 2 nitrogen and oxygen atoms in total. The van der Waals surface area contributed by atoms with Crippen molar-refractivity contribution in [3.8, 4) is 0 Å². The molecular formula is C13H16NO. The van der Waals surface area contributed by atoms with Gasteiger partial charge < -0.3 is 4.84 Å². The van der Waals surface area contributed by atoms with Gasteiger partial charge in [0.15, 0.2) is 0 Å². The Morgan fingerprint density at radius 2 is 2.27 bits per heavy atom. The van der Waals surface area contributed by atoms with Gasteiger partial charge in [0.2, 0.25) is 0 Å². The first-order valence-electron chi connectivity index (χ1n) is 5.13. The molecule has 0 aliphatic carbocycles. The zero-order valence-electron chi connectivity index (χ0n) is 9.07. The number of benzene rings is 1. The van der Waals surface area contributed by atoms with Gasteiger partial charge in [0.05, 0.1) is 0 Å². The van der Waals surface area contributed by atoms with Crippen LogP contribution in [0.5, 0.6) is 0 Å². The topological polar surface area (TPSA) is 21.6 Å². The highest BCUT2D eigenvalue weighted by Gasteiger charge is 1.97. The van der Waals surface area contributed by atoms with E-state index in [1.54, 1.807) is 0 Å². The summed E-state index contributed by atoms with van der Waals surface area (Å²) in [4.78, 5) is 5.13. The number of unbranched alkanes of at least 4 members (excludes halogenated alkanes) is 1. The first-order valence-corrected chi connectivity index (χ1v) is 5.13.